The number of thiophene rings is 1. The maximum atomic E-state index is 12.4. The zero-order valence-electron chi connectivity index (χ0n) is 12.6. The van der Waals surface area contributed by atoms with Crippen molar-refractivity contribution in [2.24, 2.45) is 5.73 Å². The van der Waals surface area contributed by atoms with E-state index in [1.54, 1.807) is 6.07 Å². The van der Waals surface area contributed by atoms with Crippen LogP contribution in [-0.4, -0.2) is 17.0 Å². The molecule has 2 aromatic heterocycles. The van der Waals surface area contributed by atoms with Gasteiger partial charge in [0.2, 0.25) is 0 Å². The first-order valence-corrected chi connectivity index (χ1v) is 8.67. The van der Waals surface area contributed by atoms with Crippen LogP contribution in [-0.2, 0) is 12.8 Å². The van der Waals surface area contributed by atoms with Crippen molar-refractivity contribution in [3.8, 4) is 0 Å². The number of nitrogens with one attached hydrogen (secondary N) is 1. The SMILES string of the molecule is NC(=O)c1c(NC(=O)c2cc(C3CC3)on2)sc2c1CCCC2. The van der Waals surface area contributed by atoms with Gasteiger partial charge in [0.25, 0.3) is 11.8 Å². The Hall–Kier alpha value is -2.15. The van der Waals surface area contributed by atoms with Crippen molar-refractivity contribution in [1.82, 2.24) is 5.16 Å². The van der Waals surface area contributed by atoms with Gasteiger partial charge in [0, 0.05) is 16.9 Å². The number of carbonyl (C=O) groups excluding carboxylic acids is 2. The highest BCUT2D eigenvalue weighted by molar-refractivity contribution is 7.17. The first kappa shape index (κ1) is 14.4. The predicted molar refractivity (Wildman–Crippen MR) is 85.9 cm³/mol. The Balaban J connectivity index is 1.61. The van der Waals surface area contributed by atoms with Crippen molar-refractivity contribution >= 4 is 28.2 Å². The maximum absolute atomic E-state index is 12.4. The van der Waals surface area contributed by atoms with Gasteiger partial charge < -0.3 is 15.6 Å². The molecule has 7 heteroatoms. The van der Waals surface area contributed by atoms with Gasteiger partial charge in [-0.3, -0.25) is 9.59 Å². The average molecular weight is 331 g/mol. The Morgan fingerprint density at radius 1 is 1.30 bits per heavy atom. The van der Waals surface area contributed by atoms with Gasteiger partial charge >= 0.3 is 0 Å². The van der Waals surface area contributed by atoms with Crippen molar-refractivity contribution in [2.75, 3.05) is 5.32 Å². The number of anilines is 1. The van der Waals surface area contributed by atoms with Gasteiger partial charge in [0.05, 0.1) is 5.56 Å². The van der Waals surface area contributed by atoms with Crippen molar-refractivity contribution in [1.29, 1.82) is 0 Å². The van der Waals surface area contributed by atoms with Gasteiger partial charge in [-0.15, -0.1) is 11.3 Å². The molecule has 0 aliphatic heterocycles. The summed E-state index contributed by atoms with van der Waals surface area (Å²) >= 11 is 1.45. The number of amides is 2. The van der Waals surface area contributed by atoms with Crippen LogP contribution in [0.3, 0.4) is 0 Å². The van der Waals surface area contributed by atoms with Gasteiger partial charge in [-0.25, -0.2) is 0 Å². The summed E-state index contributed by atoms with van der Waals surface area (Å²) in [5.74, 6) is 0.315. The molecule has 1 saturated carbocycles. The fourth-order valence-electron chi connectivity index (χ4n) is 3.04. The zero-order chi connectivity index (χ0) is 16.0. The first-order chi connectivity index (χ1) is 11.1. The van der Waals surface area contributed by atoms with Gasteiger partial charge in [-0.05, 0) is 44.1 Å². The summed E-state index contributed by atoms with van der Waals surface area (Å²) in [5, 5.41) is 7.16. The molecular weight excluding hydrogens is 314 g/mol. The number of nitrogens with zero attached hydrogens (tertiary/aromatic N) is 1. The second kappa shape index (κ2) is 5.49. The molecule has 0 bridgehead atoms. The number of fused-ring (bicyclic) bond motifs is 1. The van der Waals surface area contributed by atoms with E-state index in [9.17, 15) is 9.59 Å². The summed E-state index contributed by atoms with van der Waals surface area (Å²) < 4.78 is 5.21. The second-order valence-corrected chi connectivity index (χ2v) is 7.23. The fourth-order valence-corrected chi connectivity index (χ4v) is 4.33. The topological polar surface area (TPSA) is 98.2 Å². The summed E-state index contributed by atoms with van der Waals surface area (Å²) in [4.78, 5) is 25.3. The van der Waals surface area contributed by atoms with E-state index in [1.807, 2.05) is 0 Å². The number of rotatable bonds is 4. The highest BCUT2D eigenvalue weighted by atomic mass is 32.1. The molecule has 2 amide bonds. The lowest BCUT2D eigenvalue weighted by molar-refractivity contribution is 0.100. The summed E-state index contributed by atoms with van der Waals surface area (Å²) in [6.07, 6.45) is 6.10. The molecule has 3 N–H and O–H groups in total. The molecule has 0 atom stereocenters. The molecule has 6 nitrogen and oxygen atoms in total. The Morgan fingerprint density at radius 3 is 2.83 bits per heavy atom. The number of nitrogens with two attached hydrogens (primary N) is 1. The van der Waals surface area contributed by atoms with E-state index in [4.69, 9.17) is 10.3 Å². The van der Waals surface area contributed by atoms with Gasteiger partial charge in [0.15, 0.2) is 5.69 Å². The van der Waals surface area contributed by atoms with E-state index in [2.05, 4.69) is 10.5 Å². The second-order valence-electron chi connectivity index (χ2n) is 6.12. The van der Waals surface area contributed by atoms with Crippen LogP contribution in [0.5, 0.6) is 0 Å². The van der Waals surface area contributed by atoms with Crippen molar-refractivity contribution in [3.05, 3.63) is 33.5 Å². The summed E-state index contributed by atoms with van der Waals surface area (Å²) in [5.41, 5.74) is 7.24. The van der Waals surface area contributed by atoms with Gasteiger partial charge in [0.1, 0.15) is 10.8 Å². The minimum Gasteiger partial charge on any atom is -0.365 e. The highest BCUT2D eigenvalue weighted by Gasteiger charge is 2.30. The third kappa shape index (κ3) is 2.65. The van der Waals surface area contributed by atoms with E-state index in [1.165, 1.54) is 11.3 Å². The van der Waals surface area contributed by atoms with Crippen molar-refractivity contribution in [2.45, 2.75) is 44.4 Å². The molecule has 23 heavy (non-hydrogen) atoms. The number of aryl methyl sites for hydroxylation is 1. The highest BCUT2D eigenvalue weighted by Crippen LogP contribution is 2.41. The molecule has 2 aliphatic carbocycles. The molecule has 0 spiro atoms. The van der Waals surface area contributed by atoms with Crippen LogP contribution < -0.4 is 11.1 Å². The number of aromatic nitrogens is 1. The molecule has 2 aromatic rings. The largest absolute Gasteiger partial charge is 0.365 e. The molecule has 2 heterocycles. The van der Waals surface area contributed by atoms with Crippen LogP contribution in [0.25, 0.3) is 0 Å². The van der Waals surface area contributed by atoms with Gasteiger partial charge in [-0.1, -0.05) is 5.16 Å². The van der Waals surface area contributed by atoms with E-state index in [0.29, 0.717) is 16.5 Å². The number of carbonyl (C=O) groups is 2. The maximum Gasteiger partial charge on any atom is 0.278 e. The fraction of sp³-hybridized carbons (Fsp3) is 0.438. The van der Waals surface area contributed by atoms with Crippen molar-refractivity contribution in [3.63, 3.8) is 0 Å². The van der Waals surface area contributed by atoms with Crippen LogP contribution >= 0.6 is 11.3 Å². The van der Waals surface area contributed by atoms with Crippen LogP contribution in [0.4, 0.5) is 5.00 Å². The summed E-state index contributed by atoms with van der Waals surface area (Å²) in [7, 11) is 0. The summed E-state index contributed by atoms with van der Waals surface area (Å²) in [6, 6.07) is 1.68. The molecule has 1 fully saturated rings. The molecule has 0 saturated heterocycles. The normalized spacial score (nSPS) is 16.9. The average Bonchev–Trinajstić information content (AvgIpc) is 3.13. The van der Waals surface area contributed by atoms with Crippen LogP contribution in [0, 0.1) is 0 Å². The molecular formula is C16H17N3O3S. The molecule has 0 radical (unpaired) electrons. The third-order valence-electron chi connectivity index (χ3n) is 4.39. The third-order valence-corrected chi connectivity index (χ3v) is 5.59. The lowest BCUT2D eigenvalue weighted by atomic mass is 9.95. The van der Waals surface area contributed by atoms with Gasteiger partial charge in [-0.2, -0.15) is 0 Å². The Morgan fingerprint density at radius 2 is 2.09 bits per heavy atom. The van der Waals surface area contributed by atoms with Crippen LogP contribution in [0.15, 0.2) is 10.6 Å². The minimum atomic E-state index is -0.487. The summed E-state index contributed by atoms with van der Waals surface area (Å²) in [6.45, 7) is 0. The predicted octanol–water partition coefficient (Wildman–Crippen LogP) is 2.84. The molecule has 2 aliphatic rings. The Bertz CT molecular complexity index is 789. The number of hydrogen-bond donors (Lipinski definition) is 2. The van der Waals surface area contributed by atoms with Crippen LogP contribution in [0.2, 0.25) is 0 Å². The Labute approximate surface area is 137 Å². The smallest absolute Gasteiger partial charge is 0.278 e. The molecule has 0 aromatic carbocycles. The van der Waals surface area contributed by atoms with Crippen LogP contribution in [0.1, 0.15) is 68.6 Å². The quantitative estimate of drug-likeness (QED) is 0.900. The molecule has 4 rings (SSSR count). The van der Waals surface area contributed by atoms with Crippen molar-refractivity contribution < 1.29 is 14.1 Å². The lowest BCUT2D eigenvalue weighted by Crippen LogP contribution is -2.18. The zero-order valence-corrected chi connectivity index (χ0v) is 13.4. The van der Waals surface area contributed by atoms with E-state index in [0.717, 1.165) is 54.7 Å². The lowest BCUT2D eigenvalue weighted by Gasteiger charge is -2.11. The Kier molecular flexibility index (Phi) is 3.45. The molecule has 120 valence electrons. The van der Waals surface area contributed by atoms with E-state index >= 15 is 0 Å². The van der Waals surface area contributed by atoms with E-state index < -0.39 is 5.91 Å². The minimum absolute atomic E-state index is 0.244. The monoisotopic (exact) mass is 331 g/mol. The first-order valence-electron chi connectivity index (χ1n) is 7.86. The molecule has 0 unspecified atom stereocenters. The van der Waals surface area contributed by atoms with E-state index in [-0.39, 0.29) is 11.6 Å². The number of hydrogen-bond acceptors (Lipinski definition) is 5. The number of primary amides is 1. The standard InChI is InChI=1S/C16H17N3O3S/c17-14(20)13-9-3-1-2-4-12(9)23-16(13)18-15(21)10-7-11(22-19-10)8-5-6-8/h7-8H,1-6H2,(H2,17,20)(H,18,21).